The molecule has 0 radical (unpaired) electrons. The third kappa shape index (κ3) is 2.36. The molecule has 2 rings (SSSR count). The van der Waals surface area contributed by atoms with Gasteiger partial charge < -0.3 is 0 Å². The van der Waals surface area contributed by atoms with Gasteiger partial charge in [-0.1, -0.05) is 12.1 Å². The number of hydrogen-bond donors (Lipinski definition) is 0. The first-order chi connectivity index (χ1) is 7.41. The molecule has 1 aliphatic rings. The van der Waals surface area contributed by atoms with E-state index >= 15 is 0 Å². The van der Waals surface area contributed by atoms with Gasteiger partial charge in [0.2, 0.25) is 0 Å². The van der Waals surface area contributed by atoms with Gasteiger partial charge in [-0.25, -0.2) is 16.8 Å². The molecular formula is C9H10O4S3. The first kappa shape index (κ1) is 11.8. The molecule has 1 aromatic heterocycles. The normalized spacial score (nSPS) is 27.4. The van der Waals surface area contributed by atoms with Crippen molar-refractivity contribution in [2.45, 2.75) is 5.25 Å². The largest absolute Gasteiger partial charge is 0.228 e. The molecule has 0 bridgehead atoms. The van der Waals surface area contributed by atoms with Crippen molar-refractivity contribution in [1.82, 2.24) is 0 Å². The zero-order valence-corrected chi connectivity index (χ0v) is 10.7. The lowest BCUT2D eigenvalue weighted by molar-refractivity contribution is 0.585. The van der Waals surface area contributed by atoms with Crippen LogP contribution >= 0.6 is 11.3 Å². The zero-order chi connectivity index (χ0) is 11.8. The van der Waals surface area contributed by atoms with Crippen LogP contribution in [0.2, 0.25) is 0 Å². The average Bonchev–Trinajstić information content (AvgIpc) is 2.62. The molecule has 88 valence electrons. The molecule has 7 heteroatoms. The second-order valence-corrected chi connectivity index (χ2v) is 8.69. The van der Waals surface area contributed by atoms with Gasteiger partial charge in [-0.15, -0.1) is 11.3 Å². The van der Waals surface area contributed by atoms with Gasteiger partial charge in [0.15, 0.2) is 19.7 Å². The molecule has 0 saturated heterocycles. The fourth-order valence-corrected chi connectivity index (χ4v) is 6.53. The highest BCUT2D eigenvalue weighted by atomic mass is 32.2. The van der Waals surface area contributed by atoms with E-state index in [-0.39, 0.29) is 11.5 Å². The van der Waals surface area contributed by atoms with Gasteiger partial charge in [0.1, 0.15) is 5.25 Å². The SMILES string of the molecule is O=S1(=O)CC=CS(=O)(=O)C(c2cccs2)C1. The summed E-state index contributed by atoms with van der Waals surface area (Å²) in [7, 11) is -6.83. The summed E-state index contributed by atoms with van der Waals surface area (Å²) in [5.41, 5.74) is 0. The van der Waals surface area contributed by atoms with E-state index in [0.29, 0.717) is 4.88 Å². The van der Waals surface area contributed by atoms with Crippen LogP contribution in [-0.2, 0) is 19.7 Å². The van der Waals surface area contributed by atoms with Gasteiger partial charge in [-0.2, -0.15) is 0 Å². The molecule has 1 unspecified atom stereocenters. The van der Waals surface area contributed by atoms with Crippen molar-refractivity contribution in [3.8, 4) is 0 Å². The Hall–Kier alpha value is -0.660. The van der Waals surface area contributed by atoms with E-state index in [4.69, 9.17) is 0 Å². The zero-order valence-electron chi connectivity index (χ0n) is 8.24. The summed E-state index contributed by atoms with van der Waals surface area (Å²) in [6, 6.07) is 3.37. The van der Waals surface area contributed by atoms with Crippen LogP contribution in [0.3, 0.4) is 0 Å². The lowest BCUT2D eigenvalue weighted by Crippen LogP contribution is -2.19. The summed E-state index contributed by atoms with van der Waals surface area (Å²) in [5, 5.41) is 1.81. The molecule has 0 saturated carbocycles. The van der Waals surface area contributed by atoms with Crippen LogP contribution < -0.4 is 0 Å². The minimum atomic E-state index is -3.50. The predicted octanol–water partition coefficient (Wildman–Crippen LogP) is 1.15. The maximum atomic E-state index is 11.8. The molecule has 0 N–H and O–H groups in total. The highest BCUT2D eigenvalue weighted by molar-refractivity contribution is 7.97. The van der Waals surface area contributed by atoms with E-state index in [1.807, 2.05) is 0 Å². The summed E-state index contributed by atoms with van der Waals surface area (Å²) < 4.78 is 46.8. The van der Waals surface area contributed by atoms with Gasteiger partial charge in [0, 0.05) is 10.3 Å². The highest BCUT2D eigenvalue weighted by Gasteiger charge is 2.33. The molecule has 1 aromatic rings. The van der Waals surface area contributed by atoms with Crippen molar-refractivity contribution in [1.29, 1.82) is 0 Å². The topological polar surface area (TPSA) is 68.3 Å². The lowest BCUT2D eigenvalue weighted by Gasteiger charge is -2.11. The Bertz CT molecular complexity index is 593. The highest BCUT2D eigenvalue weighted by Crippen LogP contribution is 2.31. The standard InChI is InChI=1S/C9H10O4S3/c10-15(11)5-2-6-16(12,13)9(7-15)8-3-1-4-14-8/h1-4,6,9H,5,7H2. The first-order valence-corrected chi connectivity index (χ1v) is 8.86. The second kappa shape index (κ2) is 3.97. The molecule has 4 nitrogen and oxygen atoms in total. The van der Waals surface area contributed by atoms with E-state index < -0.39 is 24.9 Å². The molecule has 0 aliphatic carbocycles. The summed E-state index contributed by atoms with van der Waals surface area (Å²) in [4.78, 5) is 0.579. The summed E-state index contributed by atoms with van der Waals surface area (Å²) in [6.07, 6.45) is 1.21. The quantitative estimate of drug-likeness (QED) is 0.772. The molecule has 2 heterocycles. The van der Waals surface area contributed by atoms with Crippen LogP contribution in [0.4, 0.5) is 0 Å². The van der Waals surface area contributed by atoms with Gasteiger partial charge in [0.25, 0.3) is 0 Å². The smallest absolute Gasteiger partial charge is 0.180 e. The van der Waals surface area contributed by atoms with Crippen molar-refractivity contribution in [3.05, 3.63) is 33.9 Å². The Morgan fingerprint density at radius 2 is 2.00 bits per heavy atom. The van der Waals surface area contributed by atoms with Crippen LogP contribution in [0.5, 0.6) is 0 Å². The Kier molecular flexibility index (Phi) is 2.93. The molecule has 0 amide bonds. The number of sulfone groups is 2. The molecule has 1 aliphatic heterocycles. The van der Waals surface area contributed by atoms with E-state index in [1.54, 1.807) is 17.5 Å². The molecule has 1 atom stereocenters. The van der Waals surface area contributed by atoms with E-state index in [1.165, 1.54) is 17.4 Å². The minimum Gasteiger partial charge on any atom is -0.228 e. The van der Waals surface area contributed by atoms with Crippen molar-refractivity contribution in [2.75, 3.05) is 11.5 Å². The van der Waals surface area contributed by atoms with Crippen molar-refractivity contribution in [3.63, 3.8) is 0 Å². The van der Waals surface area contributed by atoms with Gasteiger partial charge in [0.05, 0.1) is 11.5 Å². The number of hydrogen-bond acceptors (Lipinski definition) is 5. The molecule has 0 fully saturated rings. The van der Waals surface area contributed by atoms with Crippen LogP contribution in [0, 0.1) is 0 Å². The van der Waals surface area contributed by atoms with Crippen molar-refractivity contribution < 1.29 is 16.8 Å². The maximum absolute atomic E-state index is 11.8. The first-order valence-electron chi connectivity index (χ1n) is 4.55. The van der Waals surface area contributed by atoms with Gasteiger partial charge in [-0.3, -0.25) is 0 Å². The number of thiophene rings is 1. The van der Waals surface area contributed by atoms with Crippen LogP contribution in [0.25, 0.3) is 0 Å². The maximum Gasteiger partial charge on any atom is 0.180 e. The Labute approximate surface area is 98.5 Å². The fraction of sp³-hybridized carbons (Fsp3) is 0.333. The fourth-order valence-electron chi connectivity index (χ4n) is 1.53. The molecule has 0 aromatic carbocycles. The van der Waals surface area contributed by atoms with Gasteiger partial charge in [-0.05, 0) is 11.4 Å². The molecule has 0 spiro atoms. The van der Waals surface area contributed by atoms with Crippen LogP contribution in [0.1, 0.15) is 10.1 Å². The van der Waals surface area contributed by atoms with Crippen LogP contribution in [0.15, 0.2) is 29.0 Å². The van der Waals surface area contributed by atoms with Crippen LogP contribution in [-0.4, -0.2) is 28.3 Å². The summed E-state index contributed by atoms with van der Waals surface area (Å²) in [6.45, 7) is 0. The van der Waals surface area contributed by atoms with E-state index in [2.05, 4.69) is 0 Å². The number of rotatable bonds is 1. The molecule has 16 heavy (non-hydrogen) atoms. The van der Waals surface area contributed by atoms with E-state index in [0.717, 1.165) is 5.41 Å². The predicted molar refractivity (Wildman–Crippen MR) is 63.8 cm³/mol. The average molecular weight is 278 g/mol. The monoisotopic (exact) mass is 278 g/mol. The second-order valence-electron chi connectivity index (χ2n) is 3.54. The third-order valence-corrected chi connectivity index (χ3v) is 6.97. The summed E-state index contributed by atoms with van der Waals surface area (Å²) >= 11 is 1.26. The van der Waals surface area contributed by atoms with E-state index in [9.17, 15) is 16.8 Å². The minimum absolute atomic E-state index is 0.200. The van der Waals surface area contributed by atoms with Gasteiger partial charge >= 0.3 is 0 Å². The third-order valence-electron chi connectivity index (χ3n) is 2.30. The summed E-state index contributed by atoms with van der Waals surface area (Å²) in [5.74, 6) is -0.531. The Morgan fingerprint density at radius 3 is 2.62 bits per heavy atom. The Balaban J connectivity index is 2.52. The van der Waals surface area contributed by atoms with Crippen molar-refractivity contribution in [2.24, 2.45) is 0 Å². The lowest BCUT2D eigenvalue weighted by atomic mass is 10.4. The Morgan fingerprint density at radius 1 is 1.25 bits per heavy atom. The molecular weight excluding hydrogens is 268 g/mol. The van der Waals surface area contributed by atoms with Crippen molar-refractivity contribution >= 4 is 31.0 Å².